The fourth-order valence-corrected chi connectivity index (χ4v) is 1.74. The monoisotopic (exact) mass is 264 g/mol. The van der Waals surface area contributed by atoms with Crippen molar-refractivity contribution in [3.63, 3.8) is 0 Å². The van der Waals surface area contributed by atoms with Crippen LogP contribution in [0.15, 0.2) is 30.3 Å². The quantitative estimate of drug-likeness (QED) is 0.500. The predicted molar refractivity (Wildman–Crippen MR) is 76.3 cm³/mol. The van der Waals surface area contributed by atoms with E-state index in [1.165, 1.54) is 12.8 Å². The van der Waals surface area contributed by atoms with Crippen molar-refractivity contribution in [2.24, 2.45) is 0 Å². The molecule has 0 saturated carbocycles. The van der Waals surface area contributed by atoms with Gasteiger partial charge in [0.1, 0.15) is 18.5 Å². The maximum atomic E-state index is 11.6. The number of para-hydroxylation sites is 1. The van der Waals surface area contributed by atoms with Gasteiger partial charge >= 0.3 is 5.97 Å². The number of carbonyl (C=O) groups is 1. The molecule has 0 saturated heterocycles. The topological polar surface area (TPSA) is 35.5 Å². The van der Waals surface area contributed by atoms with E-state index in [0.717, 1.165) is 18.6 Å². The molecule has 0 radical (unpaired) electrons. The molecule has 1 atom stereocenters. The summed E-state index contributed by atoms with van der Waals surface area (Å²) in [6.07, 6.45) is 4.67. The van der Waals surface area contributed by atoms with Gasteiger partial charge in [-0.15, -0.1) is 0 Å². The SMILES string of the molecule is CCCCCCC(=O)OC(C)COc1ccccc1. The van der Waals surface area contributed by atoms with Crippen LogP contribution in [0.2, 0.25) is 0 Å². The first-order valence-electron chi connectivity index (χ1n) is 7.09. The van der Waals surface area contributed by atoms with Crippen molar-refractivity contribution in [1.82, 2.24) is 0 Å². The fraction of sp³-hybridized carbons (Fsp3) is 0.562. The van der Waals surface area contributed by atoms with Crippen molar-refractivity contribution in [2.75, 3.05) is 6.61 Å². The van der Waals surface area contributed by atoms with Gasteiger partial charge in [-0.05, 0) is 25.5 Å². The fourth-order valence-electron chi connectivity index (χ4n) is 1.74. The second kappa shape index (κ2) is 9.42. The van der Waals surface area contributed by atoms with Crippen molar-refractivity contribution >= 4 is 5.97 Å². The molecule has 0 aliphatic carbocycles. The highest BCUT2D eigenvalue weighted by molar-refractivity contribution is 5.69. The normalized spacial score (nSPS) is 11.9. The van der Waals surface area contributed by atoms with Gasteiger partial charge in [0.2, 0.25) is 0 Å². The van der Waals surface area contributed by atoms with Gasteiger partial charge in [-0.3, -0.25) is 4.79 Å². The van der Waals surface area contributed by atoms with Crippen LogP contribution in [0.25, 0.3) is 0 Å². The highest BCUT2D eigenvalue weighted by Crippen LogP contribution is 2.10. The van der Waals surface area contributed by atoms with E-state index in [2.05, 4.69) is 6.92 Å². The molecule has 0 spiro atoms. The summed E-state index contributed by atoms with van der Waals surface area (Å²) in [7, 11) is 0. The van der Waals surface area contributed by atoms with Crippen molar-refractivity contribution in [1.29, 1.82) is 0 Å². The maximum Gasteiger partial charge on any atom is 0.306 e. The molecule has 0 amide bonds. The smallest absolute Gasteiger partial charge is 0.306 e. The molecule has 19 heavy (non-hydrogen) atoms. The molecule has 0 aromatic heterocycles. The summed E-state index contributed by atoms with van der Waals surface area (Å²) in [5.74, 6) is 0.675. The van der Waals surface area contributed by atoms with Crippen LogP contribution < -0.4 is 4.74 Å². The minimum Gasteiger partial charge on any atom is -0.490 e. The lowest BCUT2D eigenvalue weighted by Gasteiger charge is -2.14. The second-order valence-corrected chi connectivity index (χ2v) is 4.74. The van der Waals surface area contributed by atoms with E-state index in [1.54, 1.807) is 0 Å². The van der Waals surface area contributed by atoms with Crippen molar-refractivity contribution in [2.45, 2.75) is 52.1 Å². The highest BCUT2D eigenvalue weighted by atomic mass is 16.6. The lowest BCUT2D eigenvalue weighted by molar-refractivity contribution is -0.149. The molecule has 3 nitrogen and oxygen atoms in total. The molecule has 0 aliphatic rings. The average molecular weight is 264 g/mol. The van der Waals surface area contributed by atoms with Gasteiger partial charge in [0.25, 0.3) is 0 Å². The van der Waals surface area contributed by atoms with Crippen LogP contribution in [0, 0.1) is 0 Å². The van der Waals surface area contributed by atoms with Gasteiger partial charge in [0, 0.05) is 6.42 Å². The molecule has 3 heteroatoms. The third-order valence-corrected chi connectivity index (χ3v) is 2.79. The molecule has 0 fully saturated rings. The van der Waals surface area contributed by atoms with Gasteiger partial charge < -0.3 is 9.47 Å². The van der Waals surface area contributed by atoms with Crippen LogP contribution in [0.3, 0.4) is 0 Å². The first-order valence-corrected chi connectivity index (χ1v) is 7.09. The number of rotatable bonds is 9. The van der Waals surface area contributed by atoms with E-state index in [9.17, 15) is 4.79 Å². The zero-order valence-electron chi connectivity index (χ0n) is 11.9. The Balaban J connectivity index is 2.13. The number of benzene rings is 1. The summed E-state index contributed by atoms with van der Waals surface area (Å²) in [5.41, 5.74) is 0. The van der Waals surface area contributed by atoms with E-state index in [0.29, 0.717) is 13.0 Å². The Kier molecular flexibility index (Phi) is 7.71. The third kappa shape index (κ3) is 7.50. The number of unbranched alkanes of at least 4 members (excludes halogenated alkanes) is 3. The third-order valence-electron chi connectivity index (χ3n) is 2.79. The van der Waals surface area contributed by atoms with Crippen molar-refractivity contribution < 1.29 is 14.3 Å². The standard InChI is InChI=1S/C16H24O3/c1-3-4-5-9-12-16(17)19-14(2)13-18-15-10-7-6-8-11-15/h6-8,10-11,14H,3-5,9,12-13H2,1-2H3. The molecule has 0 bridgehead atoms. The number of hydrogen-bond acceptors (Lipinski definition) is 3. The first-order chi connectivity index (χ1) is 9.22. The molecule has 0 aliphatic heterocycles. The van der Waals surface area contributed by atoms with Gasteiger partial charge in [-0.2, -0.15) is 0 Å². The van der Waals surface area contributed by atoms with E-state index in [4.69, 9.17) is 9.47 Å². The van der Waals surface area contributed by atoms with E-state index in [1.807, 2.05) is 37.3 Å². The largest absolute Gasteiger partial charge is 0.490 e. The van der Waals surface area contributed by atoms with Crippen molar-refractivity contribution in [3.05, 3.63) is 30.3 Å². The Morgan fingerprint density at radius 3 is 2.58 bits per heavy atom. The van der Waals surface area contributed by atoms with Crippen LogP contribution in [0.5, 0.6) is 5.75 Å². The molecular weight excluding hydrogens is 240 g/mol. The Morgan fingerprint density at radius 1 is 1.16 bits per heavy atom. The summed E-state index contributed by atoms with van der Waals surface area (Å²) in [5, 5.41) is 0. The Morgan fingerprint density at radius 2 is 1.89 bits per heavy atom. The number of carbonyl (C=O) groups excluding carboxylic acids is 1. The summed E-state index contributed by atoms with van der Waals surface area (Å²) in [4.78, 5) is 11.6. The molecule has 1 aromatic carbocycles. The number of ether oxygens (including phenoxy) is 2. The Labute approximate surface area is 115 Å². The highest BCUT2D eigenvalue weighted by Gasteiger charge is 2.09. The molecule has 1 rings (SSSR count). The number of esters is 1. The predicted octanol–water partition coefficient (Wildman–Crippen LogP) is 3.97. The van der Waals surface area contributed by atoms with Crippen LogP contribution in [-0.2, 0) is 9.53 Å². The minimum absolute atomic E-state index is 0.125. The van der Waals surface area contributed by atoms with E-state index >= 15 is 0 Å². The molecular formula is C16H24O3. The van der Waals surface area contributed by atoms with Gasteiger partial charge in [-0.25, -0.2) is 0 Å². The zero-order chi connectivity index (χ0) is 13.9. The van der Waals surface area contributed by atoms with Crippen molar-refractivity contribution in [3.8, 4) is 5.75 Å². The Hall–Kier alpha value is -1.51. The molecule has 0 N–H and O–H groups in total. The van der Waals surface area contributed by atoms with E-state index in [-0.39, 0.29) is 12.1 Å². The van der Waals surface area contributed by atoms with Gasteiger partial charge in [0.15, 0.2) is 0 Å². The van der Waals surface area contributed by atoms with Crippen LogP contribution >= 0.6 is 0 Å². The van der Waals surface area contributed by atoms with E-state index < -0.39 is 0 Å². The molecule has 1 aromatic rings. The minimum atomic E-state index is -0.209. The van der Waals surface area contributed by atoms with Crippen LogP contribution in [-0.4, -0.2) is 18.7 Å². The lowest BCUT2D eigenvalue weighted by Crippen LogP contribution is -2.21. The maximum absolute atomic E-state index is 11.6. The second-order valence-electron chi connectivity index (χ2n) is 4.74. The molecule has 0 heterocycles. The molecule has 1 unspecified atom stereocenters. The van der Waals surface area contributed by atoms with Gasteiger partial charge in [-0.1, -0.05) is 44.4 Å². The summed E-state index contributed by atoms with van der Waals surface area (Å²) >= 11 is 0. The summed E-state index contributed by atoms with van der Waals surface area (Å²) in [6.45, 7) is 4.40. The molecule has 106 valence electrons. The average Bonchev–Trinajstić information content (AvgIpc) is 2.42. The summed E-state index contributed by atoms with van der Waals surface area (Å²) in [6, 6.07) is 9.55. The summed E-state index contributed by atoms with van der Waals surface area (Å²) < 4.78 is 10.8. The number of hydrogen-bond donors (Lipinski definition) is 0. The van der Waals surface area contributed by atoms with Crippen LogP contribution in [0.4, 0.5) is 0 Å². The zero-order valence-corrected chi connectivity index (χ0v) is 11.9. The lowest BCUT2D eigenvalue weighted by atomic mass is 10.1. The van der Waals surface area contributed by atoms with Crippen LogP contribution in [0.1, 0.15) is 46.0 Å². The first kappa shape index (κ1) is 15.5. The Bertz CT molecular complexity index is 348. The van der Waals surface area contributed by atoms with Gasteiger partial charge in [0.05, 0.1) is 0 Å².